The Morgan fingerprint density at radius 2 is 1.93 bits per heavy atom. The number of carbonyl (C=O) groups is 3. The number of benzene rings is 1. The smallest absolute Gasteiger partial charge is 0.411 e. The van der Waals surface area contributed by atoms with Gasteiger partial charge < -0.3 is 14.8 Å². The van der Waals surface area contributed by atoms with Crippen LogP contribution in [0.3, 0.4) is 0 Å². The monoisotopic (exact) mass is 584 g/mol. The number of likely N-dealkylation sites (tertiary alicyclic amines) is 1. The number of nitrogens with zero attached hydrogens (tertiary/aromatic N) is 2. The minimum Gasteiger partial charge on any atom is -0.472 e. The Kier molecular flexibility index (Phi) is 7.25. The zero-order valence-electron chi connectivity index (χ0n) is 23.7. The molecule has 2 saturated carbocycles. The highest BCUT2D eigenvalue weighted by atomic mass is 32.2. The van der Waals surface area contributed by atoms with E-state index in [0.717, 1.165) is 16.3 Å². The van der Waals surface area contributed by atoms with Gasteiger partial charge >= 0.3 is 6.09 Å². The molecule has 2 heterocycles. The van der Waals surface area contributed by atoms with Gasteiger partial charge in [0.1, 0.15) is 23.3 Å². The van der Waals surface area contributed by atoms with Crippen LogP contribution in [-0.4, -0.2) is 71.3 Å². The predicted molar refractivity (Wildman–Crippen MR) is 152 cm³/mol. The summed E-state index contributed by atoms with van der Waals surface area (Å²) >= 11 is 0. The van der Waals surface area contributed by atoms with Gasteiger partial charge in [0.15, 0.2) is 0 Å². The third-order valence-corrected chi connectivity index (χ3v) is 9.42. The van der Waals surface area contributed by atoms with Crippen molar-refractivity contribution in [2.75, 3.05) is 6.54 Å². The van der Waals surface area contributed by atoms with E-state index in [2.05, 4.69) is 21.6 Å². The van der Waals surface area contributed by atoms with Gasteiger partial charge in [-0.3, -0.25) is 19.2 Å². The quantitative estimate of drug-likeness (QED) is 0.451. The molecule has 0 spiro atoms. The van der Waals surface area contributed by atoms with E-state index in [1.165, 1.54) is 11.0 Å². The number of hydrogen-bond donors (Lipinski definition) is 2. The number of hydrogen-bond acceptors (Lipinski definition) is 8. The molecule has 12 heteroatoms. The Morgan fingerprint density at radius 1 is 1.20 bits per heavy atom. The first kappa shape index (κ1) is 28.8. The van der Waals surface area contributed by atoms with Gasteiger partial charge in [-0.05, 0) is 64.5 Å². The van der Waals surface area contributed by atoms with Crippen molar-refractivity contribution < 1.29 is 32.3 Å². The second-order valence-electron chi connectivity index (χ2n) is 12.1. The molecule has 3 aliphatic rings. The van der Waals surface area contributed by atoms with Crippen LogP contribution in [0, 0.1) is 12.8 Å². The molecule has 2 aliphatic carbocycles. The number of amides is 3. The first-order valence-electron chi connectivity index (χ1n) is 13.7. The maximum absolute atomic E-state index is 13.7. The lowest BCUT2D eigenvalue weighted by Gasteiger charge is -2.29. The molecular weight excluding hydrogens is 548 g/mol. The molecule has 1 saturated heterocycles. The molecule has 3 amide bonds. The van der Waals surface area contributed by atoms with Crippen molar-refractivity contribution in [3.05, 3.63) is 48.7 Å². The van der Waals surface area contributed by atoms with Gasteiger partial charge in [0.25, 0.3) is 5.91 Å². The number of fused-ring (bicyclic) bond motifs is 1. The van der Waals surface area contributed by atoms with Crippen molar-refractivity contribution >= 4 is 38.7 Å². The average Bonchev–Trinajstić information content (AvgIpc) is 3.80. The van der Waals surface area contributed by atoms with Gasteiger partial charge in [-0.25, -0.2) is 18.2 Å². The van der Waals surface area contributed by atoms with Crippen molar-refractivity contribution in [2.45, 2.75) is 81.9 Å². The third kappa shape index (κ3) is 6.02. The fourth-order valence-corrected chi connectivity index (χ4v) is 6.54. The molecule has 41 heavy (non-hydrogen) atoms. The molecular formula is C29H36N4O7S. The highest BCUT2D eigenvalue weighted by Crippen LogP contribution is 2.45. The van der Waals surface area contributed by atoms with Crippen LogP contribution in [0.1, 0.15) is 52.0 Å². The summed E-state index contributed by atoms with van der Waals surface area (Å²) in [6.45, 7) is 10.9. The van der Waals surface area contributed by atoms with Crippen molar-refractivity contribution in [1.29, 1.82) is 0 Å². The molecule has 2 unspecified atom stereocenters. The zero-order chi connectivity index (χ0) is 29.7. The SMILES string of the molecule is C=CC1C[C@]1(NC(=O)C1C[C@@H](Oc2nccc3ccc(C)cc23)CN1C(=O)OC(C)(C)C)C(=O)NS(=O)(=O)C1CC1. The molecule has 5 rings (SSSR count). The van der Waals surface area contributed by atoms with Crippen molar-refractivity contribution in [1.82, 2.24) is 19.9 Å². The highest BCUT2D eigenvalue weighted by Gasteiger charge is 2.62. The molecule has 11 nitrogen and oxygen atoms in total. The summed E-state index contributed by atoms with van der Waals surface area (Å²) in [7, 11) is -3.82. The number of pyridine rings is 1. The number of nitrogens with one attached hydrogen (secondary N) is 2. The van der Waals surface area contributed by atoms with Crippen LogP contribution in [0.25, 0.3) is 10.8 Å². The summed E-state index contributed by atoms with van der Waals surface area (Å²) in [6, 6.07) is 6.77. The van der Waals surface area contributed by atoms with E-state index in [4.69, 9.17) is 9.47 Å². The Balaban J connectivity index is 1.38. The molecule has 0 radical (unpaired) electrons. The number of aryl methyl sites for hydroxylation is 1. The second-order valence-corrected chi connectivity index (χ2v) is 14.1. The number of sulfonamides is 1. The van der Waals surface area contributed by atoms with Crippen molar-refractivity contribution in [3.8, 4) is 5.88 Å². The molecule has 3 fully saturated rings. The van der Waals surface area contributed by atoms with Crippen molar-refractivity contribution in [2.24, 2.45) is 5.92 Å². The van der Waals surface area contributed by atoms with Crippen LogP contribution >= 0.6 is 0 Å². The predicted octanol–water partition coefficient (Wildman–Crippen LogP) is 2.97. The number of ether oxygens (including phenoxy) is 2. The van der Waals surface area contributed by atoms with Gasteiger partial charge in [-0.2, -0.15) is 0 Å². The second kappa shape index (κ2) is 10.3. The Hall–Kier alpha value is -3.67. The Labute approximate surface area is 239 Å². The number of rotatable bonds is 8. The van der Waals surface area contributed by atoms with E-state index >= 15 is 0 Å². The van der Waals surface area contributed by atoms with Crippen LogP contribution in [0.4, 0.5) is 4.79 Å². The minimum atomic E-state index is -3.82. The molecule has 1 aromatic carbocycles. The summed E-state index contributed by atoms with van der Waals surface area (Å²) in [5.41, 5.74) is -1.24. The molecule has 1 aliphatic heterocycles. The van der Waals surface area contributed by atoms with Crippen LogP contribution in [0.15, 0.2) is 43.1 Å². The molecule has 220 valence electrons. The van der Waals surface area contributed by atoms with Crippen molar-refractivity contribution in [3.63, 3.8) is 0 Å². The van der Waals surface area contributed by atoms with Gasteiger partial charge in [0.05, 0.1) is 11.8 Å². The average molecular weight is 585 g/mol. The van der Waals surface area contributed by atoms with Gasteiger partial charge in [-0.15, -0.1) is 6.58 Å². The maximum Gasteiger partial charge on any atom is 0.411 e. The van der Waals surface area contributed by atoms with Crippen LogP contribution < -0.4 is 14.8 Å². The number of aromatic nitrogens is 1. The Morgan fingerprint density at radius 3 is 2.56 bits per heavy atom. The third-order valence-electron chi connectivity index (χ3n) is 7.61. The maximum atomic E-state index is 13.7. The first-order valence-corrected chi connectivity index (χ1v) is 15.3. The molecule has 4 atom stereocenters. The summed E-state index contributed by atoms with van der Waals surface area (Å²) in [4.78, 5) is 45.8. The van der Waals surface area contributed by atoms with Gasteiger partial charge in [0.2, 0.25) is 21.8 Å². The van der Waals surface area contributed by atoms with E-state index in [0.29, 0.717) is 18.7 Å². The van der Waals surface area contributed by atoms with Crippen LogP contribution in [0.5, 0.6) is 5.88 Å². The van der Waals surface area contributed by atoms with E-state index in [1.807, 2.05) is 31.2 Å². The van der Waals surface area contributed by atoms with E-state index in [9.17, 15) is 22.8 Å². The summed E-state index contributed by atoms with van der Waals surface area (Å²) < 4.78 is 38.9. The van der Waals surface area contributed by atoms with E-state index < -0.39 is 62.4 Å². The lowest BCUT2D eigenvalue weighted by atomic mass is 10.1. The topological polar surface area (TPSA) is 144 Å². The van der Waals surface area contributed by atoms with E-state index in [-0.39, 0.29) is 19.4 Å². The summed E-state index contributed by atoms with van der Waals surface area (Å²) in [5.74, 6) is -1.47. The molecule has 1 aromatic heterocycles. The molecule has 0 bridgehead atoms. The normalized spacial score (nSPS) is 25.9. The zero-order valence-corrected chi connectivity index (χ0v) is 24.5. The molecule has 2 N–H and O–H groups in total. The fourth-order valence-electron chi connectivity index (χ4n) is 5.18. The highest BCUT2D eigenvalue weighted by molar-refractivity contribution is 7.91. The fraction of sp³-hybridized carbons (Fsp3) is 0.517. The van der Waals surface area contributed by atoms with Gasteiger partial charge in [0, 0.05) is 23.9 Å². The number of carbonyl (C=O) groups excluding carboxylic acids is 3. The molecule has 2 aromatic rings. The van der Waals surface area contributed by atoms with Crippen LogP contribution in [-0.2, 0) is 24.3 Å². The lowest BCUT2D eigenvalue weighted by molar-refractivity contribution is -0.131. The Bertz CT molecular complexity index is 1510. The lowest BCUT2D eigenvalue weighted by Crippen LogP contribution is -2.56. The largest absolute Gasteiger partial charge is 0.472 e. The minimum absolute atomic E-state index is 0.0526. The standard InChI is InChI=1S/C29H36N4O7S/c1-6-19-15-29(19,26(35)32-41(37,38)21-9-10-21)31-24(34)23-14-20(16-33(23)27(36)40-28(3,4)5)39-25-22-13-17(2)7-8-18(22)11-12-30-25/h6-8,11-13,19-21,23H,1,9-10,14-16H2,2-5H3,(H,31,34)(H,32,35)/t19?,20-,23?,29-/m1/s1. The first-order chi connectivity index (χ1) is 19.2. The van der Waals surface area contributed by atoms with E-state index in [1.54, 1.807) is 27.0 Å². The van der Waals surface area contributed by atoms with Gasteiger partial charge in [-0.1, -0.05) is 23.8 Å². The van der Waals surface area contributed by atoms with Crippen LogP contribution in [0.2, 0.25) is 0 Å². The summed E-state index contributed by atoms with van der Waals surface area (Å²) in [6.07, 6.45) is 3.17. The summed E-state index contributed by atoms with van der Waals surface area (Å²) in [5, 5.41) is 3.91.